The summed E-state index contributed by atoms with van der Waals surface area (Å²) >= 11 is 0. The van der Waals surface area contributed by atoms with Gasteiger partial charge in [0, 0.05) is 18.7 Å². The molecule has 1 fully saturated rings. The topological polar surface area (TPSA) is 66.6 Å². The molecule has 0 saturated carbocycles. The van der Waals surface area contributed by atoms with Crippen LogP contribution in [0.1, 0.15) is 39.0 Å². The lowest BCUT2D eigenvalue weighted by Crippen LogP contribution is -2.58. The molecule has 3 rings (SSSR count). The fraction of sp³-hybridized carbons (Fsp3) is 0.417. The van der Waals surface area contributed by atoms with E-state index in [9.17, 15) is 9.59 Å². The van der Waals surface area contributed by atoms with Crippen molar-refractivity contribution >= 4 is 17.5 Å². The van der Waals surface area contributed by atoms with E-state index in [1.54, 1.807) is 4.90 Å². The second-order valence-electron chi connectivity index (χ2n) is 7.63. The molecule has 154 valence electrons. The van der Waals surface area contributed by atoms with Gasteiger partial charge in [0.25, 0.3) is 0 Å². The number of carbonyl (C=O) groups is 2. The SMILES string of the molecule is CCCCC1CN(c2cccc(-c3ccccc3)c2)C(=O)CN1C(=O)CCCN. The number of carbonyl (C=O) groups excluding carboxylic acids is 2. The van der Waals surface area contributed by atoms with Crippen molar-refractivity contribution in [3.05, 3.63) is 54.6 Å². The number of nitrogens with two attached hydrogens (primary N) is 1. The van der Waals surface area contributed by atoms with Crippen LogP contribution < -0.4 is 10.6 Å². The van der Waals surface area contributed by atoms with Crippen LogP contribution in [0.15, 0.2) is 54.6 Å². The molecule has 0 radical (unpaired) electrons. The first-order valence-corrected chi connectivity index (χ1v) is 10.6. The molecule has 2 amide bonds. The minimum Gasteiger partial charge on any atom is -0.330 e. The van der Waals surface area contributed by atoms with Crippen LogP contribution in [0.5, 0.6) is 0 Å². The fourth-order valence-electron chi connectivity index (χ4n) is 3.88. The van der Waals surface area contributed by atoms with Gasteiger partial charge in [-0.3, -0.25) is 9.59 Å². The molecule has 2 aromatic carbocycles. The highest BCUT2D eigenvalue weighted by atomic mass is 16.2. The Morgan fingerprint density at radius 2 is 1.83 bits per heavy atom. The molecule has 1 atom stereocenters. The van der Waals surface area contributed by atoms with Gasteiger partial charge in [0.1, 0.15) is 6.54 Å². The van der Waals surface area contributed by atoms with Crippen LogP contribution in [-0.4, -0.2) is 42.4 Å². The predicted molar refractivity (Wildman–Crippen MR) is 118 cm³/mol. The van der Waals surface area contributed by atoms with Crippen LogP contribution in [0.25, 0.3) is 11.1 Å². The van der Waals surface area contributed by atoms with E-state index in [2.05, 4.69) is 31.2 Å². The van der Waals surface area contributed by atoms with E-state index in [0.29, 0.717) is 25.9 Å². The largest absolute Gasteiger partial charge is 0.330 e. The summed E-state index contributed by atoms with van der Waals surface area (Å²) in [7, 11) is 0. The number of rotatable bonds is 8. The Hall–Kier alpha value is -2.66. The number of amides is 2. The van der Waals surface area contributed by atoms with Crippen molar-refractivity contribution in [2.75, 3.05) is 24.5 Å². The molecule has 0 spiro atoms. The van der Waals surface area contributed by atoms with Crippen LogP contribution >= 0.6 is 0 Å². The Balaban J connectivity index is 1.82. The molecule has 0 bridgehead atoms. The van der Waals surface area contributed by atoms with Crippen LogP contribution in [0.2, 0.25) is 0 Å². The first-order valence-electron chi connectivity index (χ1n) is 10.6. The van der Waals surface area contributed by atoms with E-state index in [1.165, 1.54) is 0 Å². The predicted octanol–water partition coefficient (Wildman–Crippen LogP) is 3.83. The molecule has 1 saturated heterocycles. The lowest BCUT2D eigenvalue weighted by molar-refractivity contribution is -0.140. The molecule has 29 heavy (non-hydrogen) atoms. The summed E-state index contributed by atoms with van der Waals surface area (Å²) in [5.74, 6) is 0.0200. The molecule has 5 heteroatoms. The lowest BCUT2D eigenvalue weighted by Gasteiger charge is -2.41. The average Bonchev–Trinajstić information content (AvgIpc) is 2.77. The number of hydrogen-bond acceptors (Lipinski definition) is 3. The van der Waals surface area contributed by atoms with Crippen molar-refractivity contribution in [3.8, 4) is 11.1 Å². The molecule has 0 aromatic heterocycles. The third-order valence-corrected chi connectivity index (χ3v) is 5.51. The number of hydrogen-bond donors (Lipinski definition) is 1. The minimum atomic E-state index is -0.0240. The zero-order valence-electron chi connectivity index (χ0n) is 17.2. The second-order valence-corrected chi connectivity index (χ2v) is 7.63. The van der Waals surface area contributed by atoms with E-state index in [0.717, 1.165) is 36.1 Å². The van der Waals surface area contributed by atoms with Crippen LogP contribution in [0.3, 0.4) is 0 Å². The monoisotopic (exact) mass is 393 g/mol. The standard InChI is InChI=1S/C24H31N3O2/c1-2-3-12-22-17-26(24(29)18-27(22)23(28)14-8-15-25)21-13-7-11-20(16-21)19-9-5-4-6-10-19/h4-7,9-11,13,16,22H,2-3,8,12,14-15,17-18,25H2,1H3. The summed E-state index contributed by atoms with van der Waals surface area (Å²) in [4.78, 5) is 29.2. The van der Waals surface area contributed by atoms with Gasteiger partial charge >= 0.3 is 0 Å². The van der Waals surface area contributed by atoms with Gasteiger partial charge in [-0.15, -0.1) is 0 Å². The zero-order valence-corrected chi connectivity index (χ0v) is 17.2. The van der Waals surface area contributed by atoms with Crippen molar-refractivity contribution in [2.45, 2.75) is 45.1 Å². The summed E-state index contributed by atoms with van der Waals surface area (Å²) in [6.45, 7) is 3.33. The third kappa shape index (κ3) is 5.24. The highest BCUT2D eigenvalue weighted by Gasteiger charge is 2.34. The first kappa shape index (κ1) is 21.1. The van der Waals surface area contributed by atoms with E-state index in [1.807, 2.05) is 35.2 Å². The summed E-state index contributed by atoms with van der Waals surface area (Å²) in [6, 6.07) is 18.3. The van der Waals surface area contributed by atoms with Crippen molar-refractivity contribution in [1.29, 1.82) is 0 Å². The molecular formula is C24H31N3O2. The van der Waals surface area contributed by atoms with Crippen molar-refractivity contribution in [2.24, 2.45) is 5.73 Å². The van der Waals surface area contributed by atoms with E-state index >= 15 is 0 Å². The quantitative estimate of drug-likeness (QED) is 0.741. The van der Waals surface area contributed by atoms with Gasteiger partial charge in [0.15, 0.2) is 0 Å². The van der Waals surface area contributed by atoms with Crippen molar-refractivity contribution < 1.29 is 9.59 Å². The molecule has 1 unspecified atom stereocenters. The Bertz CT molecular complexity index is 822. The fourth-order valence-corrected chi connectivity index (χ4v) is 3.88. The lowest BCUT2D eigenvalue weighted by atomic mass is 10.0. The summed E-state index contributed by atoms with van der Waals surface area (Å²) < 4.78 is 0. The molecule has 1 heterocycles. The molecule has 2 N–H and O–H groups in total. The first-order chi connectivity index (χ1) is 14.1. The van der Waals surface area contributed by atoms with Gasteiger partial charge in [-0.25, -0.2) is 0 Å². The summed E-state index contributed by atoms with van der Waals surface area (Å²) in [5, 5.41) is 0. The van der Waals surface area contributed by atoms with Gasteiger partial charge in [-0.2, -0.15) is 0 Å². The molecular weight excluding hydrogens is 362 g/mol. The van der Waals surface area contributed by atoms with Gasteiger partial charge in [0.05, 0.1) is 6.04 Å². The van der Waals surface area contributed by atoms with Gasteiger partial charge in [0.2, 0.25) is 11.8 Å². The summed E-state index contributed by atoms with van der Waals surface area (Å²) in [5.41, 5.74) is 8.67. The third-order valence-electron chi connectivity index (χ3n) is 5.51. The number of nitrogens with zero attached hydrogens (tertiary/aromatic N) is 2. The second kappa shape index (κ2) is 10.2. The van der Waals surface area contributed by atoms with Crippen molar-refractivity contribution in [1.82, 2.24) is 4.90 Å². The van der Waals surface area contributed by atoms with E-state index < -0.39 is 0 Å². The minimum absolute atomic E-state index is 0.0240. The Morgan fingerprint density at radius 3 is 2.55 bits per heavy atom. The van der Waals surface area contributed by atoms with E-state index in [-0.39, 0.29) is 24.4 Å². The number of piperazine rings is 1. The highest BCUT2D eigenvalue weighted by molar-refractivity contribution is 5.98. The van der Waals surface area contributed by atoms with E-state index in [4.69, 9.17) is 5.73 Å². The molecule has 1 aliphatic rings. The maximum Gasteiger partial charge on any atom is 0.246 e. The molecule has 5 nitrogen and oxygen atoms in total. The van der Waals surface area contributed by atoms with Gasteiger partial charge in [-0.05, 0) is 42.6 Å². The van der Waals surface area contributed by atoms with Crippen LogP contribution in [0.4, 0.5) is 5.69 Å². The Morgan fingerprint density at radius 1 is 1.07 bits per heavy atom. The summed E-state index contributed by atoms with van der Waals surface area (Å²) in [6.07, 6.45) is 4.09. The molecule has 1 aliphatic heterocycles. The molecule has 2 aromatic rings. The van der Waals surface area contributed by atoms with Crippen LogP contribution in [-0.2, 0) is 9.59 Å². The zero-order chi connectivity index (χ0) is 20.6. The average molecular weight is 394 g/mol. The Labute approximate surface area is 173 Å². The smallest absolute Gasteiger partial charge is 0.246 e. The highest BCUT2D eigenvalue weighted by Crippen LogP contribution is 2.28. The number of unbranched alkanes of at least 4 members (excludes halogenated alkanes) is 1. The van der Waals surface area contributed by atoms with Crippen LogP contribution in [0, 0.1) is 0 Å². The van der Waals surface area contributed by atoms with Gasteiger partial charge in [-0.1, -0.05) is 62.2 Å². The number of anilines is 1. The molecule has 0 aliphatic carbocycles. The maximum atomic E-state index is 13.0. The van der Waals surface area contributed by atoms with Gasteiger partial charge < -0.3 is 15.5 Å². The Kier molecular flexibility index (Phi) is 7.42. The normalized spacial score (nSPS) is 16.9. The van der Waals surface area contributed by atoms with Crippen molar-refractivity contribution in [3.63, 3.8) is 0 Å². The number of benzene rings is 2. The maximum absolute atomic E-state index is 13.0.